The molecule has 43 heavy (non-hydrogen) atoms. The molecule has 13 heteroatoms. The van der Waals surface area contributed by atoms with Crippen LogP contribution in [0.25, 0.3) is 0 Å². The highest BCUT2D eigenvalue weighted by Crippen LogP contribution is 2.55. The first-order chi connectivity index (χ1) is 20.0. The van der Waals surface area contributed by atoms with Crippen molar-refractivity contribution in [1.29, 1.82) is 0 Å². The van der Waals surface area contributed by atoms with Crippen molar-refractivity contribution in [2.24, 2.45) is 23.0 Å². The number of ketones is 1. The Bertz CT molecular complexity index is 1410. The molecule has 3 aliphatic carbocycles. The number of aromatic hydroxyl groups is 1. The van der Waals surface area contributed by atoms with Crippen LogP contribution in [0, 0.1) is 17.3 Å². The third-order valence-electron chi connectivity index (χ3n) is 8.82. The monoisotopic (exact) mass is 601 g/mol. The van der Waals surface area contributed by atoms with Crippen LogP contribution in [-0.4, -0.2) is 89.6 Å². The number of rotatable bonds is 8. The quantitative estimate of drug-likeness (QED) is 0.167. The molecule has 0 spiro atoms. The zero-order valence-corrected chi connectivity index (χ0v) is 25.7. The van der Waals surface area contributed by atoms with E-state index < -0.39 is 53.1 Å². The predicted molar refractivity (Wildman–Crippen MR) is 158 cm³/mol. The summed E-state index contributed by atoms with van der Waals surface area (Å²) in [4.78, 5) is 42.5. The number of hydrogen-bond donors (Lipinski definition) is 7. The van der Waals surface area contributed by atoms with Gasteiger partial charge in [0.1, 0.15) is 29.7 Å². The number of Topliss-reactive ketones (excluding diaryl/α,β-unsaturated/α-hetero) is 1. The molecule has 0 heterocycles. The Morgan fingerprint density at radius 2 is 1.81 bits per heavy atom. The summed E-state index contributed by atoms with van der Waals surface area (Å²) >= 11 is 0. The first-order valence-electron chi connectivity index (χ1n) is 14.2. The van der Waals surface area contributed by atoms with Gasteiger partial charge in [0.2, 0.25) is 11.8 Å². The van der Waals surface area contributed by atoms with Crippen LogP contribution in [0.4, 0.5) is 5.69 Å². The number of amides is 2. The molecule has 0 unspecified atom stereocenters. The van der Waals surface area contributed by atoms with Gasteiger partial charge in [-0.15, -0.1) is 0 Å². The number of phenols is 1. The fourth-order valence-electron chi connectivity index (χ4n) is 6.70. The number of hydrogen-bond acceptors (Lipinski definition) is 11. The number of aliphatic hydroxyl groups is 3. The molecule has 13 nitrogen and oxygen atoms in total. The van der Waals surface area contributed by atoms with Crippen molar-refractivity contribution in [3.05, 3.63) is 45.4 Å². The number of aliphatic hydroxyl groups excluding tert-OH is 3. The highest BCUT2D eigenvalue weighted by Gasteiger charge is 2.60. The van der Waals surface area contributed by atoms with Gasteiger partial charge in [0.25, 0.3) is 0 Å². The minimum Gasteiger partial charge on any atom is -0.510 e. The molecule has 0 bridgehead atoms. The fraction of sp³-hybridized carbons (Fsp3) is 0.567. The van der Waals surface area contributed by atoms with E-state index in [-0.39, 0.29) is 59.9 Å². The molecule has 2 amide bonds. The first kappa shape index (κ1) is 32.3. The molecule has 0 fully saturated rings. The standard InChI is InChI=1S/C30H43N5O8/c1-29(2,3)28(42)33-32-12-15-10-19(34(4)5)16-8-14-9-18-22(35(6)7)24(38)17(27(31)41)11-30(18,43-13-36)26(40)20(14)25(39)21(16)23(15)37/h10,14,18,22,32,36-38,40H,8-9,11-13H2,1-7H3,(H2,31,41)(H,33,42)/t14-,18-,22+,30-/m0/s1. The summed E-state index contributed by atoms with van der Waals surface area (Å²) in [6, 6.07) is 0.951. The van der Waals surface area contributed by atoms with Gasteiger partial charge in [0.05, 0.1) is 17.2 Å². The SMILES string of the molecule is CN(C)c1cc(CNNC(=O)C(C)(C)C)c(O)c2c1C[C@H]1C[C@H]3[C@@H](N(C)C)C(O)=C(C(N)=O)C[C@@]3(OCO)C(O)=C1C2=O. The normalized spacial score (nSPS) is 25.3. The van der Waals surface area contributed by atoms with E-state index in [0.29, 0.717) is 16.8 Å². The lowest BCUT2D eigenvalue weighted by Gasteiger charge is -2.53. The minimum absolute atomic E-state index is 0.0136. The third-order valence-corrected chi connectivity index (χ3v) is 8.82. The van der Waals surface area contributed by atoms with Crippen LogP contribution in [0.1, 0.15) is 55.1 Å². The van der Waals surface area contributed by atoms with E-state index in [2.05, 4.69) is 10.9 Å². The van der Waals surface area contributed by atoms with Crippen molar-refractivity contribution in [2.45, 2.75) is 58.2 Å². The predicted octanol–water partition coefficient (Wildman–Crippen LogP) is 1.15. The molecule has 0 saturated heterocycles. The molecule has 4 atom stereocenters. The number of primary amides is 1. The molecule has 0 aliphatic heterocycles. The maximum absolute atomic E-state index is 14.3. The van der Waals surface area contributed by atoms with Crippen molar-refractivity contribution in [2.75, 3.05) is 39.9 Å². The molecule has 0 radical (unpaired) electrons. The van der Waals surface area contributed by atoms with Crippen LogP contribution >= 0.6 is 0 Å². The Kier molecular flexibility index (Phi) is 8.59. The maximum Gasteiger partial charge on any atom is 0.248 e. The van der Waals surface area contributed by atoms with Crippen LogP contribution in [-0.2, 0) is 27.3 Å². The van der Waals surface area contributed by atoms with Gasteiger partial charge in [-0.3, -0.25) is 24.7 Å². The number of allylic oxidation sites excluding steroid dienone is 1. The Morgan fingerprint density at radius 3 is 2.35 bits per heavy atom. The Balaban J connectivity index is 1.86. The van der Waals surface area contributed by atoms with Gasteiger partial charge in [-0.1, -0.05) is 20.8 Å². The lowest BCUT2D eigenvalue weighted by atomic mass is 9.58. The van der Waals surface area contributed by atoms with E-state index in [9.17, 15) is 34.8 Å². The minimum atomic E-state index is -1.73. The average molecular weight is 602 g/mol. The molecule has 4 rings (SSSR count). The third kappa shape index (κ3) is 5.35. The van der Waals surface area contributed by atoms with E-state index in [0.717, 1.165) is 0 Å². The molecule has 1 aromatic carbocycles. The van der Waals surface area contributed by atoms with Crippen LogP contribution in [0.2, 0.25) is 0 Å². The van der Waals surface area contributed by atoms with Crippen molar-refractivity contribution in [3.63, 3.8) is 0 Å². The van der Waals surface area contributed by atoms with Gasteiger partial charge in [0, 0.05) is 55.2 Å². The number of nitrogens with two attached hydrogens (primary N) is 1. The number of anilines is 1. The number of ether oxygens (including phenoxy) is 1. The average Bonchev–Trinajstić information content (AvgIpc) is 2.89. The van der Waals surface area contributed by atoms with E-state index in [4.69, 9.17) is 10.5 Å². The number of benzene rings is 1. The van der Waals surface area contributed by atoms with E-state index in [1.807, 2.05) is 19.0 Å². The summed E-state index contributed by atoms with van der Waals surface area (Å²) in [7, 11) is 7.04. The lowest BCUT2D eigenvalue weighted by Crippen LogP contribution is -2.60. The van der Waals surface area contributed by atoms with Gasteiger partial charge in [-0.25, -0.2) is 5.43 Å². The molecule has 236 valence electrons. The van der Waals surface area contributed by atoms with Crippen molar-refractivity contribution >= 4 is 23.3 Å². The Hall–Kier alpha value is -3.65. The van der Waals surface area contributed by atoms with Crippen LogP contribution in [0.15, 0.2) is 28.7 Å². The summed E-state index contributed by atoms with van der Waals surface area (Å²) < 4.78 is 5.79. The molecule has 0 saturated carbocycles. The number of nitrogens with one attached hydrogen (secondary N) is 2. The number of phenolic OH excluding ortho intramolecular Hbond substituents is 1. The largest absolute Gasteiger partial charge is 0.510 e. The summed E-state index contributed by atoms with van der Waals surface area (Å²) in [5.41, 5.74) is 10.2. The molecule has 0 aromatic heterocycles. The highest BCUT2D eigenvalue weighted by molar-refractivity contribution is 6.14. The second-order valence-corrected chi connectivity index (χ2v) is 13.0. The summed E-state index contributed by atoms with van der Waals surface area (Å²) in [6.45, 7) is 4.47. The summed E-state index contributed by atoms with van der Waals surface area (Å²) in [5.74, 6) is -3.92. The summed E-state index contributed by atoms with van der Waals surface area (Å²) in [6.07, 6.45) is 0.201. The number of carbonyl (C=O) groups is 3. The smallest absolute Gasteiger partial charge is 0.248 e. The number of carbonyl (C=O) groups excluding carboxylic acids is 3. The number of likely N-dealkylation sites (N-methyl/N-ethyl adjacent to an activating group) is 1. The highest BCUT2D eigenvalue weighted by atomic mass is 16.6. The van der Waals surface area contributed by atoms with Crippen molar-refractivity contribution in [1.82, 2.24) is 15.8 Å². The molecule has 8 N–H and O–H groups in total. The number of hydrazine groups is 1. The second-order valence-electron chi connectivity index (χ2n) is 13.0. The first-order valence-corrected chi connectivity index (χ1v) is 14.2. The molecule has 1 aromatic rings. The maximum atomic E-state index is 14.3. The molecular weight excluding hydrogens is 558 g/mol. The van der Waals surface area contributed by atoms with E-state index in [1.54, 1.807) is 45.8 Å². The van der Waals surface area contributed by atoms with Gasteiger partial charge < -0.3 is 35.8 Å². The van der Waals surface area contributed by atoms with Gasteiger partial charge in [0.15, 0.2) is 5.78 Å². The number of nitrogens with zero attached hydrogens (tertiary/aromatic N) is 2. The zero-order valence-electron chi connectivity index (χ0n) is 25.7. The van der Waals surface area contributed by atoms with Crippen molar-refractivity contribution in [3.8, 4) is 5.75 Å². The zero-order chi connectivity index (χ0) is 32.2. The van der Waals surface area contributed by atoms with Gasteiger partial charge >= 0.3 is 0 Å². The topological polar surface area (TPSA) is 198 Å². The lowest BCUT2D eigenvalue weighted by molar-refractivity contribution is -0.167. The Morgan fingerprint density at radius 1 is 1.16 bits per heavy atom. The molecule has 3 aliphatic rings. The van der Waals surface area contributed by atoms with Crippen LogP contribution in [0.3, 0.4) is 0 Å². The summed E-state index contributed by atoms with van der Waals surface area (Å²) in [5, 5.41) is 44.3. The van der Waals surface area contributed by atoms with E-state index >= 15 is 0 Å². The van der Waals surface area contributed by atoms with Gasteiger partial charge in [-0.05, 0) is 44.5 Å². The fourth-order valence-corrected chi connectivity index (χ4v) is 6.70. The molecular formula is C30H43N5O8. The van der Waals surface area contributed by atoms with Gasteiger partial charge in [-0.2, -0.15) is 0 Å². The van der Waals surface area contributed by atoms with Crippen molar-refractivity contribution < 1.29 is 39.5 Å². The number of fused-ring (bicyclic) bond motifs is 3. The van der Waals surface area contributed by atoms with E-state index in [1.165, 1.54) is 0 Å². The second kappa shape index (κ2) is 11.5. The van der Waals surface area contributed by atoms with Crippen LogP contribution < -0.4 is 21.5 Å². The Labute approximate surface area is 250 Å². The van der Waals surface area contributed by atoms with Crippen LogP contribution in [0.5, 0.6) is 5.75 Å².